The van der Waals surface area contributed by atoms with Crippen molar-refractivity contribution in [2.75, 3.05) is 13.1 Å². The monoisotopic (exact) mass is 236 g/mol. The number of nitrogens with one attached hydrogen (secondary N) is 2. The lowest BCUT2D eigenvalue weighted by atomic mass is 10.4. The molecule has 17 heavy (non-hydrogen) atoms. The number of nitrogens with zero attached hydrogens (tertiary/aromatic N) is 2. The van der Waals surface area contributed by atoms with Gasteiger partial charge < -0.3 is 15.2 Å². The second-order valence-electron chi connectivity index (χ2n) is 4.41. The first-order valence-corrected chi connectivity index (χ1v) is 6.28. The summed E-state index contributed by atoms with van der Waals surface area (Å²) in [5.41, 5.74) is 1.18. The molecular formula is C12H20N4O. The predicted octanol–water partition coefficient (Wildman–Crippen LogP) is 0.519. The van der Waals surface area contributed by atoms with E-state index < -0.39 is 0 Å². The highest BCUT2D eigenvalue weighted by atomic mass is 16.2. The van der Waals surface area contributed by atoms with Crippen LogP contribution >= 0.6 is 0 Å². The molecule has 5 heteroatoms. The first kappa shape index (κ1) is 12.1. The van der Waals surface area contributed by atoms with E-state index in [-0.39, 0.29) is 5.91 Å². The number of amides is 1. The third kappa shape index (κ3) is 3.56. The lowest BCUT2D eigenvalue weighted by Gasteiger charge is -2.07. The average molecular weight is 236 g/mol. The largest absolute Gasteiger partial charge is 0.355 e. The van der Waals surface area contributed by atoms with Gasteiger partial charge in [-0.25, -0.2) is 4.98 Å². The Morgan fingerprint density at radius 2 is 2.35 bits per heavy atom. The second-order valence-corrected chi connectivity index (χ2v) is 4.41. The Morgan fingerprint density at radius 1 is 1.53 bits per heavy atom. The molecule has 1 aromatic rings. The number of rotatable bonds is 7. The zero-order valence-corrected chi connectivity index (χ0v) is 10.3. The van der Waals surface area contributed by atoms with Gasteiger partial charge in [-0.05, 0) is 19.8 Å². The number of hydrogen-bond acceptors (Lipinski definition) is 3. The third-order valence-corrected chi connectivity index (χ3v) is 2.99. The van der Waals surface area contributed by atoms with E-state index in [9.17, 15) is 4.79 Å². The Labute approximate surface area is 102 Å². The van der Waals surface area contributed by atoms with E-state index in [1.165, 1.54) is 5.69 Å². The van der Waals surface area contributed by atoms with Crippen molar-refractivity contribution >= 4 is 5.91 Å². The molecule has 2 N–H and O–H groups in total. The van der Waals surface area contributed by atoms with Crippen LogP contribution < -0.4 is 10.6 Å². The van der Waals surface area contributed by atoms with Crippen LogP contribution in [0.2, 0.25) is 0 Å². The van der Waals surface area contributed by atoms with Gasteiger partial charge in [0.2, 0.25) is 5.91 Å². The Kier molecular flexibility index (Phi) is 4.14. The van der Waals surface area contributed by atoms with Crippen LogP contribution in [-0.2, 0) is 17.9 Å². The van der Waals surface area contributed by atoms with Crippen molar-refractivity contribution in [2.45, 2.75) is 32.9 Å². The molecule has 0 atom stereocenters. The first-order chi connectivity index (χ1) is 8.31. The van der Waals surface area contributed by atoms with Gasteiger partial charge in [0, 0.05) is 38.3 Å². The highest BCUT2D eigenvalue weighted by molar-refractivity contribution is 5.80. The summed E-state index contributed by atoms with van der Waals surface area (Å²) in [4.78, 5) is 15.4. The molecular weight excluding hydrogens is 216 g/mol. The minimum atomic E-state index is 0.213. The molecule has 1 aliphatic carbocycles. The highest BCUT2D eigenvalue weighted by Crippen LogP contribution is 2.28. The number of carbonyl (C=O) groups excluding carboxylic acids is 1. The number of aromatic nitrogens is 2. The number of aryl methyl sites for hydroxylation is 1. The van der Waals surface area contributed by atoms with Crippen molar-refractivity contribution in [3.05, 3.63) is 18.2 Å². The lowest BCUT2D eigenvalue weighted by molar-refractivity contribution is -0.122. The van der Waals surface area contributed by atoms with Crippen LogP contribution in [0.1, 0.15) is 25.5 Å². The Balaban J connectivity index is 1.58. The van der Waals surface area contributed by atoms with Gasteiger partial charge in [-0.3, -0.25) is 4.79 Å². The number of imidazole rings is 1. The summed E-state index contributed by atoms with van der Waals surface area (Å²) in [5, 5.41) is 6.23. The van der Waals surface area contributed by atoms with Gasteiger partial charge >= 0.3 is 0 Å². The molecule has 1 fully saturated rings. The Hall–Kier alpha value is -1.36. The van der Waals surface area contributed by atoms with Crippen LogP contribution in [0.5, 0.6) is 0 Å². The highest BCUT2D eigenvalue weighted by Gasteiger charge is 2.28. The minimum Gasteiger partial charge on any atom is -0.355 e. The molecule has 1 saturated carbocycles. The van der Waals surface area contributed by atoms with Gasteiger partial charge in [-0.1, -0.05) is 0 Å². The van der Waals surface area contributed by atoms with E-state index in [0.717, 1.165) is 32.5 Å². The second kappa shape index (κ2) is 5.82. The third-order valence-electron chi connectivity index (χ3n) is 2.99. The molecule has 1 heterocycles. The maximum absolute atomic E-state index is 11.3. The van der Waals surface area contributed by atoms with Gasteiger partial charge in [-0.15, -0.1) is 0 Å². The van der Waals surface area contributed by atoms with Crippen molar-refractivity contribution in [3.63, 3.8) is 0 Å². The van der Waals surface area contributed by atoms with Crippen LogP contribution in [0.4, 0.5) is 0 Å². The minimum absolute atomic E-state index is 0.213. The molecule has 2 rings (SSSR count). The van der Waals surface area contributed by atoms with Crippen molar-refractivity contribution in [1.82, 2.24) is 20.2 Å². The molecule has 5 nitrogen and oxygen atoms in total. The zero-order valence-electron chi connectivity index (χ0n) is 10.3. The fourth-order valence-electron chi connectivity index (χ4n) is 1.76. The molecule has 0 aliphatic heterocycles. The summed E-state index contributed by atoms with van der Waals surface area (Å²) >= 11 is 0. The van der Waals surface area contributed by atoms with Crippen LogP contribution in [-0.4, -0.2) is 28.5 Å². The fourth-order valence-corrected chi connectivity index (χ4v) is 1.76. The molecule has 0 unspecified atom stereocenters. The summed E-state index contributed by atoms with van der Waals surface area (Å²) < 4.78 is 2.11. The summed E-state index contributed by atoms with van der Waals surface area (Å²) in [7, 11) is 0. The molecule has 1 amide bonds. The van der Waals surface area contributed by atoms with Crippen LogP contribution in [0, 0.1) is 5.92 Å². The van der Waals surface area contributed by atoms with Crippen molar-refractivity contribution in [3.8, 4) is 0 Å². The van der Waals surface area contributed by atoms with Crippen molar-refractivity contribution in [2.24, 2.45) is 5.92 Å². The molecule has 0 bridgehead atoms. The standard InChI is InChI=1S/C12H20N4O/c1-2-16-9-14-8-11(16)7-13-5-6-15-12(17)10-3-4-10/h8-10,13H,2-7H2,1H3,(H,15,17). The van der Waals surface area contributed by atoms with E-state index in [0.29, 0.717) is 12.5 Å². The average Bonchev–Trinajstić information content (AvgIpc) is 3.09. The molecule has 0 spiro atoms. The van der Waals surface area contributed by atoms with Crippen molar-refractivity contribution in [1.29, 1.82) is 0 Å². The van der Waals surface area contributed by atoms with E-state index in [4.69, 9.17) is 0 Å². The first-order valence-electron chi connectivity index (χ1n) is 6.28. The van der Waals surface area contributed by atoms with Crippen molar-refractivity contribution < 1.29 is 4.79 Å². The molecule has 1 aromatic heterocycles. The zero-order chi connectivity index (χ0) is 12.1. The Morgan fingerprint density at radius 3 is 3.06 bits per heavy atom. The molecule has 94 valence electrons. The summed E-state index contributed by atoms with van der Waals surface area (Å²) in [6.07, 6.45) is 5.84. The van der Waals surface area contributed by atoms with Gasteiger partial charge in [0.25, 0.3) is 0 Å². The smallest absolute Gasteiger partial charge is 0.223 e. The topological polar surface area (TPSA) is 59.0 Å². The van der Waals surface area contributed by atoms with E-state index in [1.807, 2.05) is 12.5 Å². The molecule has 0 radical (unpaired) electrons. The number of hydrogen-bond donors (Lipinski definition) is 2. The van der Waals surface area contributed by atoms with Gasteiger partial charge in [-0.2, -0.15) is 0 Å². The normalized spacial score (nSPS) is 14.9. The van der Waals surface area contributed by atoms with E-state index in [1.54, 1.807) is 0 Å². The molecule has 0 aromatic carbocycles. The number of carbonyl (C=O) groups is 1. The fraction of sp³-hybridized carbons (Fsp3) is 0.667. The van der Waals surface area contributed by atoms with Gasteiger partial charge in [0.1, 0.15) is 0 Å². The summed E-state index contributed by atoms with van der Waals surface area (Å²) in [5.74, 6) is 0.516. The lowest BCUT2D eigenvalue weighted by Crippen LogP contribution is -2.32. The van der Waals surface area contributed by atoms with Crippen LogP contribution in [0.25, 0.3) is 0 Å². The molecule has 1 aliphatic rings. The van der Waals surface area contributed by atoms with Gasteiger partial charge in [0.15, 0.2) is 0 Å². The van der Waals surface area contributed by atoms with Gasteiger partial charge in [0.05, 0.1) is 12.0 Å². The summed E-state index contributed by atoms with van der Waals surface area (Å²) in [6.45, 7) is 5.34. The molecule has 0 saturated heterocycles. The van der Waals surface area contributed by atoms with E-state index >= 15 is 0 Å². The van der Waals surface area contributed by atoms with Crippen LogP contribution in [0.3, 0.4) is 0 Å². The summed E-state index contributed by atoms with van der Waals surface area (Å²) in [6, 6.07) is 0. The van der Waals surface area contributed by atoms with Crippen LogP contribution in [0.15, 0.2) is 12.5 Å². The maximum Gasteiger partial charge on any atom is 0.223 e. The maximum atomic E-state index is 11.3. The SMILES string of the molecule is CCn1cncc1CNCCNC(=O)C1CC1. The Bertz CT molecular complexity index is 370. The van der Waals surface area contributed by atoms with E-state index in [2.05, 4.69) is 27.1 Å². The predicted molar refractivity (Wildman–Crippen MR) is 65.3 cm³/mol. The quantitative estimate of drug-likeness (QED) is 0.679.